The van der Waals surface area contributed by atoms with Crippen LogP contribution < -0.4 is 15.8 Å². The van der Waals surface area contributed by atoms with Gasteiger partial charge in [0.15, 0.2) is 0 Å². The molecule has 0 bridgehead atoms. The molecule has 6 heteroatoms. The predicted octanol–water partition coefficient (Wildman–Crippen LogP) is 1.23. The maximum Gasteiger partial charge on any atom is 0.225 e. The van der Waals surface area contributed by atoms with Gasteiger partial charge in [0.1, 0.15) is 5.82 Å². The summed E-state index contributed by atoms with van der Waals surface area (Å²) in [5, 5.41) is 3.40. The van der Waals surface area contributed by atoms with Crippen molar-refractivity contribution in [2.45, 2.75) is 0 Å². The second-order valence-electron chi connectivity index (χ2n) is 2.52. The second kappa shape index (κ2) is 4.66. The molecule has 0 unspecified atom stereocenters. The summed E-state index contributed by atoms with van der Waals surface area (Å²) in [4.78, 5) is 7.76. The first-order valence-corrected chi connectivity index (χ1v) is 4.25. The molecule has 0 amide bonds. The summed E-state index contributed by atoms with van der Waals surface area (Å²) in [6.45, 7) is 3.95. The van der Waals surface area contributed by atoms with Crippen molar-refractivity contribution in [1.29, 1.82) is 0 Å². The van der Waals surface area contributed by atoms with Crippen molar-refractivity contribution in [2.24, 2.45) is 0 Å². The van der Waals surface area contributed by atoms with Gasteiger partial charge < -0.3 is 15.8 Å². The fourth-order valence-corrected chi connectivity index (χ4v) is 0.891. The molecule has 0 aliphatic heterocycles. The first-order chi connectivity index (χ1) is 6.61. The molecular formula is C8H11ClN4O. The lowest BCUT2D eigenvalue weighted by atomic mass is 10.5. The predicted molar refractivity (Wildman–Crippen MR) is 56.5 cm³/mol. The number of methoxy groups -OCH3 is 1. The van der Waals surface area contributed by atoms with E-state index in [4.69, 9.17) is 22.1 Å². The Balaban J connectivity index is 2.76. The van der Waals surface area contributed by atoms with E-state index in [0.29, 0.717) is 23.3 Å². The van der Waals surface area contributed by atoms with Crippen molar-refractivity contribution in [1.82, 2.24) is 9.97 Å². The summed E-state index contributed by atoms with van der Waals surface area (Å²) >= 11 is 5.58. The van der Waals surface area contributed by atoms with Gasteiger partial charge >= 0.3 is 0 Å². The van der Waals surface area contributed by atoms with Crippen molar-refractivity contribution in [3.8, 4) is 5.88 Å². The van der Waals surface area contributed by atoms with Crippen LogP contribution in [0.4, 0.5) is 11.8 Å². The average molecular weight is 215 g/mol. The van der Waals surface area contributed by atoms with Crippen LogP contribution in [0.15, 0.2) is 17.7 Å². The molecule has 1 rings (SSSR count). The monoisotopic (exact) mass is 214 g/mol. The zero-order valence-corrected chi connectivity index (χ0v) is 8.51. The van der Waals surface area contributed by atoms with Crippen LogP contribution >= 0.6 is 11.6 Å². The summed E-state index contributed by atoms with van der Waals surface area (Å²) in [6.07, 6.45) is 0. The summed E-state index contributed by atoms with van der Waals surface area (Å²) in [7, 11) is 1.51. The summed E-state index contributed by atoms with van der Waals surface area (Å²) < 4.78 is 4.92. The number of hydrogen-bond donors (Lipinski definition) is 2. The van der Waals surface area contributed by atoms with Crippen LogP contribution in [0.25, 0.3) is 0 Å². The fourth-order valence-electron chi connectivity index (χ4n) is 0.824. The topological polar surface area (TPSA) is 73.1 Å². The van der Waals surface area contributed by atoms with Crippen molar-refractivity contribution >= 4 is 23.4 Å². The first kappa shape index (κ1) is 10.6. The van der Waals surface area contributed by atoms with E-state index in [1.54, 1.807) is 6.07 Å². The fraction of sp³-hybridized carbons (Fsp3) is 0.250. The summed E-state index contributed by atoms with van der Waals surface area (Å²) in [5.41, 5.74) is 5.44. The number of nitrogens with one attached hydrogen (secondary N) is 1. The van der Waals surface area contributed by atoms with Crippen molar-refractivity contribution in [3.63, 3.8) is 0 Å². The number of ether oxygens (including phenoxy) is 1. The molecule has 0 aromatic carbocycles. The van der Waals surface area contributed by atoms with Gasteiger partial charge in [-0.25, -0.2) is 0 Å². The molecule has 0 saturated heterocycles. The van der Waals surface area contributed by atoms with Crippen LogP contribution in [0, 0.1) is 0 Å². The number of aromatic nitrogens is 2. The third-order valence-electron chi connectivity index (χ3n) is 1.39. The molecular weight excluding hydrogens is 204 g/mol. The average Bonchev–Trinajstić information content (AvgIpc) is 2.14. The minimum absolute atomic E-state index is 0.145. The largest absolute Gasteiger partial charge is 0.481 e. The lowest BCUT2D eigenvalue weighted by Gasteiger charge is -2.06. The normalized spacial score (nSPS) is 9.57. The highest BCUT2D eigenvalue weighted by Crippen LogP contribution is 2.14. The van der Waals surface area contributed by atoms with Crippen LogP contribution in [-0.4, -0.2) is 23.6 Å². The minimum atomic E-state index is 0.145. The van der Waals surface area contributed by atoms with E-state index in [2.05, 4.69) is 21.9 Å². The Bertz CT molecular complexity index is 342. The molecule has 0 aliphatic carbocycles. The number of rotatable bonds is 4. The standard InChI is InChI=1S/C8H11ClN4O/c1-5(9)4-11-6-3-7(14-2)13-8(10)12-6/h3H,1,4H2,2H3,(H3,10,11,12,13). The van der Waals surface area contributed by atoms with E-state index in [-0.39, 0.29) is 5.95 Å². The maximum atomic E-state index is 5.58. The molecule has 76 valence electrons. The maximum absolute atomic E-state index is 5.58. The molecule has 0 atom stereocenters. The molecule has 0 aliphatic rings. The number of hydrogen-bond acceptors (Lipinski definition) is 5. The van der Waals surface area contributed by atoms with E-state index in [0.717, 1.165) is 0 Å². The van der Waals surface area contributed by atoms with E-state index in [1.807, 2.05) is 0 Å². The van der Waals surface area contributed by atoms with Crippen LogP contribution in [-0.2, 0) is 0 Å². The summed E-state index contributed by atoms with van der Waals surface area (Å²) in [6, 6.07) is 1.62. The van der Waals surface area contributed by atoms with Gasteiger partial charge in [0, 0.05) is 11.1 Å². The second-order valence-corrected chi connectivity index (χ2v) is 3.06. The van der Waals surface area contributed by atoms with Crippen LogP contribution in [0.3, 0.4) is 0 Å². The van der Waals surface area contributed by atoms with Crippen LogP contribution in [0.1, 0.15) is 0 Å². The van der Waals surface area contributed by atoms with Crippen LogP contribution in [0.2, 0.25) is 0 Å². The zero-order chi connectivity index (χ0) is 10.6. The lowest BCUT2D eigenvalue weighted by Crippen LogP contribution is -2.06. The number of anilines is 2. The van der Waals surface area contributed by atoms with Crippen LogP contribution in [0.5, 0.6) is 5.88 Å². The molecule has 1 aromatic heterocycles. The molecule has 1 heterocycles. The number of nitrogens with two attached hydrogens (primary N) is 1. The quantitative estimate of drug-likeness (QED) is 0.789. The van der Waals surface area contributed by atoms with Gasteiger partial charge in [-0.2, -0.15) is 9.97 Å². The number of nitrogen functional groups attached to an aromatic ring is 1. The van der Waals surface area contributed by atoms with Gasteiger partial charge in [0.2, 0.25) is 11.8 Å². The highest BCUT2D eigenvalue weighted by molar-refractivity contribution is 6.29. The lowest BCUT2D eigenvalue weighted by molar-refractivity contribution is 0.398. The first-order valence-electron chi connectivity index (χ1n) is 3.87. The Morgan fingerprint density at radius 3 is 3.00 bits per heavy atom. The Hall–Kier alpha value is -1.49. The van der Waals surface area contributed by atoms with Crippen molar-refractivity contribution in [3.05, 3.63) is 17.7 Å². The van der Waals surface area contributed by atoms with Gasteiger partial charge in [-0.3, -0.25) is 0 Å². The Kier molecular flexibility index (Phi) is 3.53. The summed E-state index contributed by atoms with van der Waals surface area (Å²) in [5.74, 6) is 1.10. The van der Waals surface area contributed by atoms with E-state index >= 15 is 0 Å². The van der Waals surface area contributed by atoms with Gasteiger partial charge in [0.05, 0.1) is 13.7 Å². The van der Waals surface area contributed by atoms with E-state index in [9.17, 15) is 0 Å². The SMILES string of the molecule is C=C(Cl)CNc1cc(OC)nc(N)n1. The highest BCUT2D eigenvalue weighted by Gasteiger charge is 2.01. The Morgan fingerprint density at radius 2 is 2.43 bits per heavy atom. The molecule has 0 saturated carbocycles. The molecule has 3 N–H and O–H groups in total. The zero-order valence-electron chi connectivity index (χ0n) is 7.75. The van der Waals surface area contributed by atoms with E-state index < -0.39 is 0 Å². The third kappa shape index (κ3) is 3.10. The van der Waals surface area contributed by atoms with Crippen molar-refractivity contribution < 1.29 is 4.74 Å². The molecule has 0 spiro atoms. The number of nitrogens with zero attached hydrogens (tertiary/aromatic N) is 2. The Labute approximate surface area is 86.9 Å². The third-order valence-corrected chi connectivity index (χ3v) is 1.52. The molecule has 14 heavy (non-hydrogen) atoms. The minimum Gasteiger partial charge on any atom is -0.481 e. The van der Waals surface area contributed by atoms with Gasteiger partial charge in [-0.05, 0) is 0 Å². The van der Waals surface area contributed by atoms with Gasteiger partial charge in [-0.1, -0.05) is 18.2 Å². The smallest absolute Gasteiger partial charge is 0.225 e. The molecule has 0 fully saturated rings. The molecule has 1 aromatic rings. The number of halogens is 1. The van der Waals surface area contributed by atoms with Crippen molar-refractivity contribution in [2.75, 3.05) is 24.7 Å². The molecule has 0 radical (unpaired) electrons. The van der Waals surface area contributed by atoms with E-state index in [1.165, 1.54) is 7.11 Å². The van der Waals surface area contributed by atoms with Gasteiger partial charge in [-0.15, -0.1) is 0 Å². The molecule has 5 nitrogen and oxygen atoms in total. The highest BCUT2D eigenvalue weighted by atomic mass is 35.5. The van der Waals surface area contributed by atoms with Gasteiger partial charge in [0.25, 0.3) is 0 Å². The Morgan fingerprint density at radius 1 is 1.71 bits per heavy atom.